The number of nitrogens with zero attached hydrogens (tertiary/aromatic N) is 1. The van der Waals surface area contributed by atoms with Crippen molar-refractivity contribution in [2.45, 2.75) is 24.5 Å². The second-order valence-corrected chi connectivity index (χ2v) is 6.80. The summed E-state index contributed by atoms with van der Waals surface area (Å²) >= 11 is 4.07. The summed E-state index contributed by atoms with van der Waals surface area (Å²) in [7, 11) is 0. The molecule has 0 bridgehead atoms. The second kappa shape index (κ2) is 6.46. The van der Waals surface area contributed by atoms with Crippen LogP contribution < -0.4 is 0 Å². The molecule has 9 heteroatoms. The molecule has 126 valence electrons. The van der Waals surface area contributed by atoms with Crippen molar-refractivity contribution in [3.8, 4) is 0 Å². The van der Waals surface area contributed by atoms with Gasteiger partial charge in [-0.25, -0.2) is 9.00 Å². The predicted molar refractivity (Wildman–Crippen MR) is 84.8 cm³/mol. The van der Waals surface area contributed by atoms with Crippen LogP contribution in [0, 0.1) is 0 Å². The molecule has 1 fully saturated rings. The van der Waals surface area contributed by atoms with Gasteiger partial charge >= 0.3 is 5.97 Å². The van der Waals surface area contributed by atoms with Gasteiger partial charge in [0.25, 0.3) is 0 Å². The van der Waals surface area contributed by atoms with Crippen LogP contribution in [-0.4, -0.2) is 30.8 Å². The lowest BCUT2D eigenvalue weighted by Gasteiger charge is -2.06. The number of rotatable bonds is 6. The predicted octanol–water partition coefficient (Wildman–Crippen LogP) is 2.86. The van der Waals surface area contributed by atoms with Crippen molar-refractivity contribution >= 4 is 34.4 Å². The van der Waals surface area contributed by atoms with E-state index in [-0.39, 0.29) is 33.6 Å². The minimum absolute atomic E-state index is 0.000547. The first kappa shape index (κ1) is 16.8. The van der Waals surface area contributed by atoms with Crippen molar-refractivity contribution in [3.05, 3.63) is 51.4 Å². The third-order valence-electron chi connectivity index (χ3n) is 3.66. The van der Waals surface area contributed by atoms with Gasteiger partial charge in [0.2, 0.25) is 11.5 Å². The quantitative estimate of drug-likeness (QED) is 0.593. The largest absolute Gasteiger partial charge is 0.476 e. The lowest BCUT2D eigenvalue weighted by Crippen LogP contribution is -2.11. The molecule has 0 radical (unpaired) electrons. The highest BCUT2D eigenvalue weighted by molar-refractivity contribution is 7.78. The summed E-state index contributed by atoms with van der Waals surface area (Å²) in [5.41, 5.74) is 0.0733. The summed E-state index contributed by atoms with van der Waals surface area (Å²) in [6.07, 6.45) is 1.62. The molecule has 0 amide bonds. The van der Waals surface area contributed by atoms with Crippen molar-refractivity contribution in [1.29, 1.82) is 0 Å². The van der Waals surface area contributed by atoms with Gasteiger partial charge in [-0.3, -0.25) is 4.79 Å². The average Bonchev–Trinajstić information content (AvgIpc) is 3.24. The molecule has 1 aromatic heterocycles. The molecular formula is C15H12ClNO6S. The van der Waals surface area contributed by atoms with Crippen LogP contribution >= 0.6 is 11.6 Å². The van der Waals surface area contributed by atoms with Gasteiger partial charge in [0.1, 0.15) is 5.56 Å². The number of carboxylic acids is 1. The molecule has 1 aliphatic carbocycles. The number of carboxylic acid groups (broad SMARTS) is 1. The van der Waals surface area contributed by atoms with Crippen LogP contribution in [-0.2, 0) is 16.8 Å². The van der Waals surface area contributed by atoms with Crippen molar-refractivity contribution in [1.82, 2.24) is 5.16 Å². The summed E-state index contributed by atoms with van der Waals surface area (Å²) in [5, 5.41) is 12.8. The number of hydrogen-bond donors (Lipinski definition) is 2. The maximum absolute atomic E-state index is 12.8. The molecule has 0 spiro atoms. The average molecular weight is 370 g/mol. The van der Waals surface area contributed by atoms with Crippen molar-refractivity contribution in [2.75, 3.05) is 0 Å². The SMILES string of the molecule is O=C(O)c1noc(C2CC2)c1C(=O)c1ccc(CS(=O)O)cc1Cl. The highest BCUT2D eigenvalue weighted by Crippen LogP contribution is 2.43. The van der Waals surface area contributed by atoms with Crippen LogP contribution in [0.5, 0.6) is 0 Å². The Morgan fingerprint density at radius 2 is 2.08 bits per heavy atom. The number of aromatic carboxylic acids is 1. The molecule has 1 atom stereocenters. The van der Waals surface area contributed by atoms with E-state index in [0.29, 0.717) is 5.56 Å². The molecule has 24 heavy (non-hydrogen) atoms. The molecule has 2 N–H and O–H groups in total. The summed E-state index contributed by atoms with van der Waals surface area (Å²) in [6, 6.07) is 4.31. The van der Waals surface area contributed by atoms with E-state index in [0.717, 1.165) is 12.8 Å². The normalized spacial score (nSPS) is 15.2. The number of aromatic nitrogens is 1. The maximum Gasteiger partial charge on any atom is 0.358 e. The summed E-state index contributed by atoms with van der Waals surface area (Å²) in [6.45, 7) is 0. The fraction of sp³-hybridized carbons (Fsp3) is 0.267. The molecule has 1 aliphatic rings. The van der Waals surface area contributed by atoms with E-state index in [9.17, 15) is 18.9 Å². The molecule has 2 aromatic rings. The molecular weight excluding hydrogens is 358 g/mol. The Morgan fingerprint density at radius 3 is 2.62 bits per heavy atom. The van der Waals surface area contributed by atoms with Gasteiger partial charge in [0, 0.05) is 11.5 Å². The summed E-state index contributed by atoms with van der Waals surface area (Å²) in [4.78, 5) is 24.1. The smallest absolute Gasteiger partial charge is 0.358 e. The van der Waals surface area contributed by atoms with E-state index in [2.05, 4.69) is 5.16 Å². The van der Waals surface area contributed by atoms with Crippen LogP contribution in [0.1, 0.15) is 56.5 Å². The summed E-state index contributed by atoms with van der Waals surface area (Å²) in [5.74, 6) is -1.78. The lowest BCUT2D eigenvalue weighted by atomic mass is 9.98. The van der Waals surface area contributed by atoms with Gasteiger partial charge in [0.15, 0.2) is 16.8 Å². The first-order valence-electron chi connectivity index (χ1n) is 7.02. The Labute approximate surface area is 143 Å². The highest BCUT2D eigenvalue weighted by atomic mass is 35.5. The van der Waals surface area contributed by atoms with Crippen molar-refractivity contribution in [2.24, 2.45) is 0 Å². The van der Waals surface area contributed by atoms with Crippen molar-refractivity contribution < 1.29 is 28.0 Å². The van der Waals surface area contributed by atoms with Gasteiger partial charge < -0.3 is 14.2 Å². The van der Waals surface area contributed by atoms with Crippen LogP contribution in [0.2, 0.25) is 5.02 Å². The molecule has 1 saturated carbocycles. The van der Waals surface area contributed by atoms with Crippen LogP contribution in [0.3, 0.4) is 0 Å². The molecule has 0 saturated heterocycles. The number of ketones is 1. The van der Waals surface area contributed by atoms with Crippen molar-refractivity contribution in [3.63, 3.8) is 0 Å². The first-order chi connectivity index (χ1) is 11.4. The number of carbonyl (C=O) groups is 2. The second-order valence-electron chi connectivity index (χ2n) is 5.46. The molecule has 0 aliphatic heterocycles. The Bertz CT molecular complexity index is 858. The van der Waals surface area contributed by atoms with Gasteiger partial charge in [-0.1, -0.05) is 22.8 Å². The van der Waals surface area contributed by atoms with E-state index < -0.39 is 28.5 Å². The van der Waals surface area contributed by atoms with Gasteiger partial charge in [-0.15, -0.1) is 0 Å². The Morgan fingerprint density at radius 1 is 1.38 bits per heavy atom. The number of halogens is 1. The van der Waals surface area contributed by atoms with E-state index in [4.69, 9.17) is 20.7 Å². The zero-order valence-electron chi connectivity index (χ0n) is 12.2. The third kappa shape index (κ3) is 3.26. The zero-order chi connectivity index (χ0) is 17.4. The minimum atomic E-state index is -2.03. The monoisotopic (exact) mass is 369 g/mol. The topological polar surface area (TPSA) is 118 Å². The number of benzene rings is 1. The Hall–Kier alpha value is -2.03. The molecule has 3 rings (SSSR count). The Kier molecular flexibility index (Phi) is 4.53. The van der Waals surface area contributed by atoms with Gasteiger partial charge in [-0.05, 0) is 30.5 Å². The zero-order valence-corrected chi connectivity index (χ0v) is 13.8. The van der Waals surface area contributed by atoms with E-state index in [1.54, 1.807) is 0 Å². The fourth-order valence-corrected chi connectivity index (χ4v) is 3.16. The van der Waals surface area contributed by atoms with Gasteiger partial charge in [0.05, 0.1) is 10.8 Å². The minimum Gasteiger partial charge on any atom is -0.476 e. The van der Waals surface area contributed by atoms with E-state index >= 15 is 0 Å². The Balaban J connectivity index is 2.02. The fourth-order valence-electron chi connectivity index (χ4n) is 2.40. The highest BCUT2D eigenvalue weighted by Gasteiger charge is 2.37. The molecule has 1 heterocycles. The van der Waals surface area contributed by atoms with Crippen LogP contribution in [0.15, 0.2) is 22.7 Å². The lowest BCUT2D eigenvalue weighted by molar-refractivity contribution is 0.0682. The standard InChI is InChI=1S/C15H12ClNO6S/c16-10-5-7(6-24(21)22)1-4-9(10)13(18)11-12(15(19)20)17-23-14(11)8-2-3-8/h1,4-5,8H,2-3,6H2,(H,19,20)(H,21,22). The van der Waals surface area contributed by atoms with Crippen LogP contribution in [0.25, 0.3) is 0 Å². The number of carbonyl (C=O) groups excluding carboxylic acids is 1. The van der Waals surface area contributed by atoms with E-state index in [1.807, 2.05) is 0 Å². The van der Waals surface area contributed by atoms with Gasteiger partial charge in [-0.2, -0.15) is 0 Å². The maximum atomic E-state index is 12.8. The number of hydrogen-bond acceptors (Lipinski definition) is 5. The van der Waals surface area contributed by atoms with E-state index in [1.165, 1.54) is 18.2 Å². The molecule has 7 nitrogen and oxygen atoms in total. The van der Waals surface area contributed by atoms with Crippen LogP contribution in [0.4, 0.5) is 0 Å². The third-order valence-corrected chi connectivity index (χ3v) is 4.56. The summed E-state index contributed by atoms with van der Waals surface area (Å²) < 4.78 is 24.8. The molecule has 1 unspecified atom stereocenters. The molecule has 1 aromatic carbocycles. The first-order valence-corrected chi connectivity index (χ1v) is 8.67.